The molecule has 0 atom stereocenters. The minimum atomic E-state index is -0.815. The van der Waals surface area contributed by atoms with Crippen LogP contribution in [0.4, 0.5) is 11.5 Å². The van der Waals surface area contributed by atoms with E-state index in [2.05, 4.69) is 30.5 Å². The number of hydrogen-bond acceptors (Lipinski definition) is 7. The van der Waals surface area contributed by atoms with Crippen molar-refractivity contribution in [3.8, 4) is 0 Å². The quantitative estimate of drug-likeness (QED) is 0.429. The lowest BCUT2D eigenvalue weighted by Gasteiger charge is -2.21. The van der Waals surface area contributed by atoms with Crippen molar-refractivity contribution in [1.29, 1.82) is 0 Å². The number of benzene rings is 1. The highest BCUT2D eigenvalue weighted by Crippen LogP contribution is 2.24. The third-order valence-electron chi connectivity index (χ3n) is 4.41. The molecule has 0 aliphatic heterocycles. The maximum Gasteiger partial charge on any atom is 0.314 e. The van der Waals surface area contributed by atoms with E-state index in [9.17, 15) is 9.59 Å². The standard InChI is InChI=1S/C20H18N8O2/c21-18-14-9-25-27-17(14)15(10-24-18)26-19(29)20(30)28(11-13-5-2-1-3-6-13)12-16-22-7-4-8-23-16/h1-10H,11-12H2,(H2,21,24)(H,25,27)(H,26,29). The predicted molar refractivity (Wildman–Crippen MR) is 110 cm³/mol. The normalized spacial score (nSPS) is 10.7. The Morgan fingerprint density at radius 2 is 1.77 bits per heavy atom. The van der Waals surface area contributed by atoms with Crippen molar-refractivity contribution in [3.63, 3.8) is 0 Å². The van der Waals surface area contributed by atoms with Gasteiger partial charge < -0.3 is 16.0 Å². The lowest BCUT2D eigenvalue weighted by atomic mass is 10.2. The van der Waals surface area contributed by atoms with Gasteiger partial charge >= 0.3 is 11.8 Å². The summed E-state index contributed by atoms with van der Waals surface area (Å²) in [5.41, 5.74) is 7.48. The van der Waals surface area contributed by atoms with Gasteiger partial charge in [0.15, 0.2) is 0 Å². The first-order chi connectivity index (χ1) is 14.6. The van der Waals surface area contributed by atoms with E-state index in [1.807, 2.05) is 30.3 Å². The summed E-state index contributed by atoms with van der Waals surface area (Å²) in [6.07, 6.45) is 6.05. The average molecular weight is 402 g/mol. The third kappa shape index (κ3) is 4.07. The zero-order valence-corrected chi connectivity index (χ0v) is 15.8. The first-order valence-corrected chi connectivity index (χ1v) is 9.09. The number of rotatable bonds is 5. The van der Waals surface area contributed by atoms with Crippen LogP contribution < -0.4 is 11.1 Å². The zero-order valence-electron chi connectivity index (χ0n) is 15.8. The van der Waals surface area contributed by atoms with Crippen molar-refractivity contribution in [1.82, 2.24) is 30.0 Å². The van der Waals surface area contributed by atoms with Crippen LogP contribution in [0.5, 0.6) is 0 Å². The molecule has 4 N–H and O–H groups in total. The van der Waals surface area contributed by atoms with E-state index in [1.54, 1.807) is 18.5 Å². The second-order valence-electron chi connectivity index (χ2n) is 6.48. The number of aromatic amines is 1. The number of amides is 2. The molecule has 0 aliphatic rings. The van der Waals surface area contributed by atoms with Gasteiger partial charge in [-0.05, 0) is 11.6 Å². The summed E-state index contributed by atoms with van der Waals surface area (Å²) in [7, 11) is 0. The highest BCUT2D eigenvalue weighted by molar-refractivity contribution is 6.40. The van der Waals surface area contributed by atoms with Crippen LogP contribution in [0.2, 0.25) is 0 Å². The molecule has 0 bridgehead atoms. The molecule has 3 heterocycles. The number of nitrogens with one attached hydrogen (secondary N) is 2. The number of carbonyl (C=O) groups excluding carboxylic acids is 2. The number of fused-ring (bicyclic) bond motifs is 1. The molecule has 0 saturated heterocycles. The Bertz CT molecular complexity index is 1140. The van der Waals surface area contributed by atoms with Crippen molar-refractivity contribution in [2.45, 2.75) is 13.1 Å². The van der Waals surface area contributed by atoms with Crippen molar-refractivity contribution < 1.29 is 9.59 Å². The van der Waals surface area contributed by atoms with Gasteiger partial charge in [-0.1, -0.05) is 30.3 Å². The minimum absolute atomic E-state index is 0.0848. The summed E-state index contributed by atoms with van der Waals surface area (Å²) in [6, 6.07) is 11.1. The molecule has 0 unspecified atom stereocenters. The Balaban J connectivity index is 1.57. The Hall–Kier alpha value is -4.34. The van der Waals surface area contributed by atoms with Crippen molar-refractivity contribution in [2.75, 3.05) is 11.1 Å². The minimum Gasteiger partial charge on any atom is -0.383 e. The van der Waals surface area contributed by atoms with Gasteiger partial charge in [-0.15, -0.1) is 0 Å². The number of hydrogen-bond donors (Lipinski definition) is 3. The van der Waals surface area contributed by atoms with Gasteiger partial charge in [-0.2, -0.15) is 5.10 Å². The first-order valence-electron chi connectivity index (χ1n) is 9.09. The number of carbonyl (C=O) groups is 2. The summed E-state index contributed by atoms with van der Waals surface area (Å²) >= 11 is 0. The summed E-state index contributed by atoms with van der Waals surface area (Å²) in [5, 5.41) is 9.81. The molecule has 30 heavy (non-hydrogen) atoms. The van der Waals surface area contributed by atoms with Gasteiger partial charge in [-0.3, -0.25) is 14.7 Å². The molecule has 0 saturated carbocycles. The second kappa shape index (κ2) is 8.35. The van der Waals surface area contributed by atoms with E-state index >= 15 is 0 Å². The molecule has 10 heteroatoms. The van der Waals surface area contributed by atoms with Crippen molar-refractivity contribution in [3.05, 3.63) is 72.6 Å². The smallest absolute Gasteiger partial charge is 0.314 e. The fraction of sp³-hybridized carbons (Fsp3) is 0.100. The fourth-order valence-corrected chi connectivity index (χ4v) is 2.95. The molecule has 0 radical (unpaired) electrons. The molecule has 0 fully saturated rings. The summed E-state index contributed by atoms with van der Waals surface area (Å²) in [5.74, 6) is -0.838. The maximum atomic E-state index is 13.0. The molecule has 4 rings (SSSR count). The van der Waals surface area contributed by atoms with Crippen LogP contribution in [0.25, 0.3) is 10.9 Å². The van der Waals surface area contributed by atoms with Gasteiger partial charge in [0, 0.05) is 18.9 Å². The summed E-state index contributed by atoms with van der Waals surface area (Å²) in [6.45, 7) is 0.312. The van der Waals surface area contributed by atoms with Crippen LogP contribution in [-0.2, 0) is 22.7 Å². The Morgan fingerprint density at radius 3 is 2.53 bits per heavy atom. The van der Waals surface area contributed by atoms with Gasteiger partial charge in [0.2, 0.25) is 0 Å². The summed E-state index contributed by atoms with van der Waals surface area (Å²) < 4.78 is 0. The Kier molecular flexibility index (Phi) is 5.29. The van der Waals surface area contributed by atoms with Crippen molar-refractivity contribution in [2.24, 2.45) is 0 Å². The third-order valence-corrected chi connectivity index (χ3v) is 4.41. The van der Waals surface area contributed by atoms with Crippen LogP contribution in [0.15, 0.2) is 61.2 Å². The number of H-pyrrole nitrogens is 1. The van der Waals surface area contributed by atoms with Crippen molar-refractivity contribution >= 4 is 34.2 Å². The summed E-state index contributed by atoms with van der Waals surface area (Å²) in [4.78, 5) is 39.5. The largest absolute Gasteiger partial charge is 0.383 e. The van der Waals surface area contributed by atoms with Gasteiger partial charge in [0.05, 0.1) is 35.5 Å². The SMILES string of the molecule is Nc1ncc(NC(=O)C(=O)N(Cc2ccccc2)Cc2ncccn2)c2[nH]ncc12. The molecule has 10 nitrogen and oxygen atoms in total. The molecule has 1 aromatic carbocycles. The number of anilines is 2. The molecular weight excluding hydrogens is 384 g/mol. The van der Waals surface area contributed by atoms with Gasteiger partial charge in [0.25, 0.3) is 0 Å². The highest BCUT2D eigenvalue weighted by Gasteiger charge is 2.24. The van der Waals surface area contributed by atoms with Gasteiger partial charge in [-0.25, -0.2) is 15.0 Å². The Morgan fingerprint density at radius 1 is 1.00 bits per heavy atom. The zero-order chi connectivity index (χ0) is 20.9. The van der Waals surface area contributed by atoms with Crippen LogP contribution in [0.3, 0.4) is 0 Å². The van der Waals surface area contributed by atoms with E-state index in [4.69, 9.17) is 5.73 Å². The highest BCUT2D eigenvalue weighted by atomic mass is 16.2. The van der Waals surface area contributed by atoms with Crippen LogP contribution >= 0.6 is 0 Å². The average Bonchev–Trinajstić information content (AvgIpc) is 3.27. The predicted octanol–water partition coefficient (Wildman–Crippen LogP) is 1.50. The Labute approximate surface area is 171 Å². The lowest BCUT2D eigenvalue weighted by Crippen LogP contribution is -2.39. The first kappa shape index (κ1) is 19.0. The molecule has 3 aromatic heterocycles. The van der Waals surface area contributed by atoms with Crippen LogP contribution in [0.1, 0.15) is 11.4 Å². The van der Waals surface area contributed by atoms with E-state index in [0.717, 1.165) is 5.56 Å². The topological polar surface area (TPSA) is 143 Å². The number of aromatic nitrogens is 5. The second-order valence-corrected chi connectivity index (χ2v) is 6.48. The van der Waals surface area contributed by atoms with E-state index in [1.165, 1.54) is 17.3 Å². The molecule has 150 valence electrons. The number of pyridine rings is 1. The monoisotopic (exact) mass is 402 g/mol. The molecule has 2 amide bonds. The fourth-order valence-electron chi connectivity index (χ4n) is 2.95. The van der Waals surface area contributed by atoms with Gasteiger partial charge in [0.1, 0.15) is 11.6 Å². The molecular formula is C20H18N8O2. The molecule has 0 aliphatic carbocycles. The lowest BCUT2D eigenvalue weighted by molar-refractivity contribution is -0.144. The number of nitrogens with two attached hydrogens (primary N) is 1. The van der Waals surface area contributed by atoms with E-state index in [-0.39, 0.29) is 18.9 Å². The molecule has 4 aromatic rings. The molecule has 0 spiro atoms. The van der Waals surface area contributed by atoms with Crippen LogP contribution in [0, 0.1) is 0 Å². The van der Waals surface area contributed by atoms with Crippen LogP contribution in [-0.4, -0.2) is 41.9 Å². The number of nitrogens with zero attached hydrogens (tertiary/aromatic N) is 5. The number of nitrogen functional groups attached to an aromatic ring is 1. The van der Waals surface area contributed by atoms with E-state index in [0.29, 0.717) is 22.4 Å². The van der Waals surface area contributed by atoms with E-state index < -0.39 is 11.8 Å². The maximum absolute atomic E-state index is 13.0.